The van der Waals surface area contributed by atoms with Crippen LogP contribution in [0.25, 0.3) is 0 Å². The normalized spacial score (nSPS) is 13.7. The Morgan fingerprint density at radius 3 is 2.27 bits per heavy atom. The molecule has 1 aliphatic heterocycles. The van der Waals surface area contributed by atoms with Gasteiger partial charge in [0.15, 0.2) is 11.5 Å². The van der Waals surface area contributed by atoms with E-state index in [1.807, 2.05) is 0 Å². The van der Waals surface area contributed by atoms with Crippen molar-refractivity contribution in [2.24, 2.45) is 0 Å². The van der Waals surface area contributed by atoms with Gasteiger partial charge in [0.2, 0.25) is 0 Å². The zero-order valence-corrected chi connectivity index (χ0v) is 15.2. The number of hydrogen-bond acceptors (Lipinski definition) is 4. The van der Waals surface area contributed by atoms with Gasteiger partial charge in [0.1, 0.15) is 18.1 Å². The lowest BCUT2D eigenvalue weighted by Crippen LogP contribution is -2.17. The van der Waals surface area contributed by atoms with Crippen LogP contribution in [0.15, 0.2) is 50.2 Å². The molecule has 1 heterocycles. The fraction of sp³-hybridized carbons (Fsp3) is 0.143. The Labute approximate surface area is 144 Å². The predicted octanol–water partition coefficient (Wildman–Crippen LogP) is 3.78. The van der Waals surface area contributed by atoms with Crippen LogP contribution < -0.4 is 14.2 Å². The van der Waals surface area contributed by atoms with Gasteiger partial charge in [-0.3, -0.25) is 4.72 Å². The van der Waals surface area contributed by atoms with Gasteiger partial charge in [0, 0.05) is 21.1 Å². The van der Waals surface area contributed by atoms with Crippen molar-refractivity contribution < 1.29 is 17.9 Å². The molecule has 0 saturated carbocycles. The van der Waals surface area contributed by atoms with Crippen molar-refractivity contribution in [3.8, 4) is 11.5 Å². The van der Waals surface area contributed by atoms with E-state index in [1.165, 1.54) is 6.07 Å². The summed E-state index contributed by atoms with van der Waals surface area (Å²) in [5.41, 5.74) is 0.389. The zero-order chi connectivity index (χ0) is 15.7. The van der Waals surface area contributed by atoms with E-state index < -0.39 is 10.0 Å². The average Bonchev–Trinajstić information content (AvgIpc) is 2.48. The molecule has 0 aromatic heterocycles. The van der Waals surface area contributed by atoms with Crippen molar-refractivity contribution in [1.29, 1.82) is 0 Å². The summed E-state index contributed by atoms with van der Waals surface area (Å²) in [6.07, 6.45) is 0. The van der Waals surface area contributed by atoms with Crippen LogP contribution in [0.2, 0.25) is 0 Å². The number of anilines is 1. The maximum Gasteiger partial charge on any atom is 0.263 e. The number of ether oxygens (including phenoxy) is 2. The third kappa shape index (κ3) is 3.09. The van der Waals surface area contributed by atoms with Crippen LogP contribution in [0, 0.1) is 0 Å². The molecule has 0 fully saturated rings. The number of halogens is 2. The van der Waals surface area contributed by atoms with Crippen LogP contribution in [0.4, 0.5) is 5.69 Å². The van der Waals surface area contributed by atoms with Gasteiger partial charge in [0.25, 0.3) is 10.0 Å². The van der Waals surface area contributed by atoms with Crippen molar-refractivity contribution >= 4 is 47.6 Å². The van der Waals surface area contributed by atoms with Gasteiger partial charge in [-0.15, -0.1) is 0 Å². The van der Waals surface area contributed by atoms with Crippen LogP contribution >= 0.6 is 31.9 Å². The Bertz CT molecular complexity index is 824. The Balaban J connectivity index is 1.98. The Kier molecular flexibility index (Phi) is 4.33. The highest BCUT2D eigenvalue weighted by molar-refractivity contribution is 9.11. The second-order valence-corrected chi connectivity index (χ2v) is 7.87. The van der Waals surface area contributed by atoms with Crippen LogP contribution in [0.1, 0.15) is 0 Å². The zero-order valence-electron chi connectivity index (χ0n) is 11.2. The van der Waals surface area contributed by atoms with E-state index >= 15 is 0 Å². The molecule has 116 valence electrons. The SMILES string of the molecule is O=S(=O)(Nc1cc2c(cc1Br)OCCO2)c1ccccc1Br. The molecule has 22 heavy (non-hydrogen) atoms. The molecule has 0 atom stereocenters. The second kappa shape index (κ2) is 6.10. The molecule has 0 amide bonds. The fourth-order valence-electron chi connectivity index (χ4n) is 2.00. The molecule has 0 radical (unpaired) electrons. The van der Waals surface area contributed by atoms with Crippen molar-refractivity contribution in [2.75, 3.05) is 17.9 Å². The van der Waals surface area contributed by atoms with Crippen molar-refractivity contribution in [1.82, 2.24) is 0 Å². The molecule has 2 aromatic rings. The molecule has 8 heteroatoms. The van der Waals surface area contributed by atoms with Gasteiger partial charge in [-0.2, -0.15) is 0 Å². The number of fused-ring (bicyclic) bond motifs is 1. The monoisotopic (exact) mass is 447 g/mol. The number of nitrogens with one attached hydrogen (secondary N) is 1. The summed E-state index contributed by atoms with van der Waals surface area (Å²) in [7, 11) is -3.72. The number of rotatable bonds is 3. The summed E-state index contributed by atoms with van der Waals surface area (Å²) < 4.78 is 39.6. The lowest BCUT2D eigenvalue weighted by Gasteiger charge is -2.20. The van der Waals surface area contributed by atoms with Crippen molar-refractivity contribution in [3.63, 3.8) is 0 Å². The summed E-state index contributed by atoms with van der Waals surface area (Å²) in [6.45, 7) is 0.909. The van der Waals surface area contributed by atoms with E-state index in [0.717, 1.165) is 0 Å². The van der Waals surface area contributed by atoms with E-state index in [-0.39, 0.29) is 4.90 Å². The first kappa shape index (κ1) is 15.6. The summed E-state index contributed by atoms with van der Waals surface area (Å²) in [5, 5.41) is 0. The first-order chi connectivity index (χ1) is 10.5. The van der Waals surface area contributed by atoms with Gasteiger partial charge >= 0.3 is 0 Å². The van der Waals surface area contributed by atoms with Crippen molar-refractivity contribution in [2.45, 2.75) is 4.90 Å². The van der Waals surface area contributed by atoms with E-state index in [4.69, 9.17) is 9.47 Å². The van der Waals surface area contributed by atoms with Crippen LogP contribution in [-0.4, -0.2) is 21.6 Å². The minimum absolute atomic E-state index is 0.164. The van der Waals surface area contributed by atoms with E-state index in [1.54, 1.807) is 30.3 Å². The number of sulfonamides is 1. The molecule has 3 rings (SSSR count). The second-order valence-electron chi connectivity index (χ2n) is 4.51. The first-order valence-electron chi connectivity index (χ1n) is 6.34. The molecule has 1 aliphatic rings. The summed E-state index contributed by atoms with van der Waals surface area (Å²) in [6, 6.07) is 9.91. The molecule has 0 unspecified atom stereocenters. The molecule has 5 nitrogen and oxygen atoms in total. The number of hydrogen-bond donors (Lipinski definition) is 1. The molecule has 1 N–H and O–H groups in total. The molecule has 2 aromatic carbocycles. The third-order valence-corrected chi connectivity index (χ3v) is 6.04. The highest BCUT2D eigenvalue weighted by Gasteiger charge is 2.21. The van der Waals surface area contributed by atoms with Crippen LogP contribution in [0.3, 0.4) is 0 Å². The maximum atomic E-state index is 12.5. The highest BCUT2D eigenvalue weighted by Crippen LogP contribution is 2.39. The Hall–Kier alpha value is -1.25. The van der Waals surface area contributed by atoms with E-state index in [9.17, 15) is 8.42 Å². The Morgan fingerprint density at radius 1 is 0.955 bits per heavy atom. The Morgan fingerprint density at radius 2 is 1.59 bits per heavy atom. The molecule has 0 aliphatic carbocycles. The maximum absolute atomic E-state index is 12.5. The van der Waals surface area contributed by atoms with Gasteiger partial charge in [-0.05, 0) is 44.0 Å². The number of benzene rings is 2. The average molecular weight is 449 g/mol. The van der Waals surface area contributed by atoms with E-state index in [2.05, 4.69) is 36.6 Å². The highest BCUT2D eigenvalue weighted by atomic mass is 79.9. The fourth-order valence-corrected chi connectivity index (χ4v) is 4.63. The minimum Gasteiger partial charge on any atom is -0.486 e. The smallest absolute Gasteiger partial charge is 0.263 e. The first-order valence-corrected chi connectivity index (χ1v) is 9.41. The van der Waals surface area contributed by atoms with Crippen LogP contribution in [-0.2, 0) is 10.0 Å². The van der Waals surface area contributed by atoms with Crippen LogP contribution in [0.5, 0.6) is 11.5 Å². The molecular weight excluding hydrogens is 438 g/mol. The van der Waals surface area contributed by atoms with Gasteiger partial charge in [-0.25, -0.2) is 8.42 Å². The molecule has 0 spiro atoms. The van der Waals surface area contributed by atoms with Gasteiger partial charge < -0.3 is 9.47 Å². The summed E-state index contributed by atoms with van der Waals surface area (Å²) in [4.78, 5) is 0.164. The molecular formula is C14H11Br2NO4S. The predicted molar refractivity (Wildman–Crippen MR) is 90.1 cm³/mol. The third-order valence-electron chi connectivity index (χ3n) is 3.00. The summed E-state index contributed by atoms with van der Waals surface area (Å²) in [5.74, 6) is 1.10. The minimum atomic E-state index is -3.72. The molecule has 0 bridgehead atoms. The quantitative estimate of drug-likeness (QED) is 0.775. The van der Waals surface area contributed by atoms with Gasteiger partial charge in [0.05, 0.1) is 5.69 Å². The lowest BCUT2D eigenvalue weighted by atomic mass is 10.2. The van der Waals surface area contributed by atoms with Gasteiger partial charge in [-0.1, -0.05) is 12.1 Å². The lowest BCUT2D eigenvalue weighted by molar-refractivity contribution is 0.171. The molecule has 0 saturated heterocycles. The largest absolute Gasteiger partial charge is 0.486 e. The standard InChI is InChI=1S/C14H11Br2NO4S/c15-9-3-1-2-4-14(9)22(18,19)17-11-8-13-12(7-10(11)16)20-5-6-21-13/h1-4,7-8,17H,5-6H2. The van der Waals surface area contributed by atoms with Crippen molar-refractivity contribution in [3.05, 3.63) is 45.3 Å². The topological polar surface area (TPSA) is 64.6 Å². The summed E-state index contributed by atoms with van der Waals surface area (Å²) >= 11 is 6.59. The van der Waals surface area contributed by atoms with E-state index in [0.29, 0.717) is 39.3 Å².